The molecule has 0 bridgehead atoms. The maximum atomic E-state index is 12.0. The van der Waals surface area contributed by atoms with Gasteiger partial charge in [0.25, 0.3) is 5.91 Å². The van der Waals surface area contributed by atoms with Crippen molar-refractivity contribution < 1.29 is 14.7 Å². The normalized spacial score (nSPS) is 10.1. The number of nitrogens with zero attached hydrogens (tertiary/aromatic N) is 1. The Bertz CT molecular complexity index is 691. The first-order valence-electron chi connectivity index (χ1n) is 5.41. The highest BCUT2D eigenvalue weighted by Gasteiger charge is 2.10. The number of anilines is 1. The van der Waals surface area contributed by atoms with Gasteiger partial charge in [-0.25, -0.2) is 4.79 Å². The Hall–Kier alpha value is -1.92. The second-order valence-electron chi connectivity index (χ2n) is 3.88. The minimum absolute atomic E-state index is 0.000155. The van der Waals surface area contributed by atoms with Gasteiger partial charge in [0, 0.05) is 27.6 Å². The average molecular weight is 356 g/mol. The highest BCUT2D eigenvalue weighted by atomic mass is 79.9. The molecule has 2 N–H and O–H groups in total. The molecule has 0 aliphatic carbocycles. The fourth-order valence-electron chi connectivity index (χ4n) is 1.52. The number of hydrogen-bond acceptors (Lipinski definition) is 3. The van der Waals surface area contributed by atoms with Gasteiger partial charge in [0.1, 0.15) is 0 Å². The third-order valence-corrected chi connectivity index (χ3v) is 3.02. The van der Waals surface area contributed by atoms with Crippen LogP contribution in [-0.4, -0.2) is 22.0 Å². The highest BCUT2D eigenvalue weighted by molar-refractivity contribution is 9.10. The minimum Gasteiger partial charge on any atom is -0.478 e. The second kappa shape index (κ2) is 6.02. The number of benzene rings is 1. The summed E-state index contributed by atoms with van der Waals surface area (Å²) >= 11 is 9.03. The molecule has 1 amide bonds. The molecule has 5 nitrogen and oxygen atoms in total. The zero-order chi connectivity index (χ0) is 14.7. The van der Waals surface area contributed by atoms with Gasteiger partial charge in [-0.3, -0.25) is 9.78 Å². The van der Waals surface area contributed by atoms with Gasteiger partial charge in [0.05, 0.1) is 11.1 Å². The van der Waals surface area contributed by atoms with Crippen LogP contribution in [0, 0.1) is 0 Å². The molecule has 0 atom stereocenters. The Kier molecular flexibility index (Phi) is 4.36. The van der Waals surface area contributed by atoms with Crippen LogP contribution in [0.4, 0.5) is 5.69 Å². The van der Waals surface area contributed by atoms with E-state index in [1.807, 2.05) is 0 Å². The fourth-order valence-corrected chi connectivity index (χ4v) is 2.12. The lowest BCUT2D eigenvalue weighted by atomic mass is 10.2. The van der Waals surface area contributed by atoms with E-state index in [4.69, 9.17) is 16.7 Å². The van der Waals surface area contributed by atoms with Crippen molar-refractivity contribution in [3.05, 3.63) is 57.3 Å². The topological polar surface area (TPSA) is 79.3 Å². The Morgan fingerprint density at radius 1 is 1.15 bits per heavy atom. The average Bonchev–Trinajstić information content (AvgIpc) is 2.37. The van der Waals surface area contributed by atoms with Crippen LogP contribution in [0.2, 0.25) is 5.02 Å². The largest absolute Gasteiger partial charge is 0.478 e. The van der Waals surface area contributed by atoms with Gasteiger partial charge < -0.3 is 10.4 Å². The molecule has 0 saturated heterocycles. The van der Waals surface area contributed by atoms with Gasteiger partial charge in [-0.1, -0.05) is 11.6 Å². The van der Waals surface area contributed by atoms with Crippen LogP contribution in [0.5, 0.6) is 0 Å². The fraction of sp³-hybridized carbons (Fsp3) is 0. The van der Waals surface area contributed by atoms with E-state index in [1.165, 1.54) is 24.4 Å². The standard InChI is InChI=1S/C13H8BrClN2O3/c14-9-1-8(5-16-6-9)12(18)17-11-3-7(13(19)20)2-10(15)4-11/h1-6H,(H,17,18)(H,19,20). The lowest BCUT2D eigenvalue weighted by Crippen LogP contribution is -2.12. The molecule has 7 heteroatoms. The van der Waals surface area contributed by atoms with Crippen LogP contribution in [0.1, 0.15) is 20.7 Å². The molecule has 0 radical (unpaired) electrons. The summed E-state index contributed by atoms with van der Waals surface area (Å²) in [7, 11) is 0. The van der Waals surface area contributed by atoms with Gasteiger partial charge in [-0.05, 0) is 40.2 Å². The van der Waals surface area contributed by atoms with Crippen LogP contribution in [0.3, 0.4) is 0 Å². The highest BCUT2D eigenvalue weighted by Crippen LogP contribution is 2.20. The van der Waals surface area contributed by atoms with Crippen LogP contribution in [0.25, 0.3) is 0 Å². The monoisotopic (exact) mass is 354 g/mol. The van der Waals surface area contributed by atoms with Crippen molar-refractivity contribution in [1.82, 2.24) is 4.98 Å². The molecule has 1 aromatic heterocycles. The molecule has 0 aliphatic rings. The van der Waals surface area contributed by atoms with E-state index in [9.17, 15) is 9.59 Å². The second-order valence-corrected chi connectivity index (χ2v) is 5.23. The molecule has 1 heterocycles. The Labute approximate surface area is 127 Å². The molecule has 2 rings (SSSR count). The third kappa shape index (κ3) is 3.55. The Balaban J connectivity index is 2.26. The minimum atomic E-state index is -1.12. The van der Waals surface area contributed by atoms with Crippen LogP contribution in [0.15, 0.2) is 41.1 Å². The van der Waals surface area contributed by atoms with Crippen molar-refractivity contribution in [3.63, 3.8) is 0 Å². The van der Waals surface area contributed by atoms with E-state index < -0.39 is 11.9 Å². The molecule has 102 valence electrons. The molecule has 0 unspecified atom stereocenters. The SMILES string of the molecule is O=C(O)c1cc(Cl)cc(NC(=O)c2cncc(Br)c2)c1. The van der Waals surface area contributed by atoms with Crippen molar-refractivity contribution in [2.24, 2.45) is 0 Å². The molecule has 2 aromatic rings. The third-order valence-electron chi connectivity index (χ3n) is 2.37. The molecule has 1 aromatic carbocycles. The summed E-state index contributed by atoms with van der Waals surface area (Å²) in [4.78, 5) is 26.8. The number of pyridine rings is 1. The predicted molar refractivity (Wildman–Crippen MR) is 78.3 cm³/mol. The van der Waals surface area contributed by atoms with E-state index in [-0.39, 0.29) is 10.6 Å². The number of amides is 1. The summed E-state index contributed by atoms with van der Waals surface area (Å²) in [6.45, 7) is 0. The summed E-state index contributed by atoms with van der Waals surface area (Å²) in [5.74, 6) is -1.52. The van der Waals surface area contributed by atoms with Crippen molar-refractivity contribution in [2.75, 3.05) is 5.32 Å². The van der Waals surface area contributed by atoms with E-state index in [0.29, 0.717) is 15.7 Å². The molecule has 20 heavy (non-hydrogen) atoms. The Morgan fingerprint density at radius 3 is 2.55 bits per heavy atom. The van der Waals surface area contributed by atoms with E-state index in [2.05, 4.69) is 26.2 Å². The zero-order valence-electron chi connectivity index (χ0n) is 9.93. The summed E-state index contributed by atoms with van der Waals surface area (Å²) in [6.07, 6.45) is 2.96. The number of carboxylic acid groups (broad SMARTS) is 1. The van der Waals surface area contributed by atoms with E-state index in [1.54, 1.807) is 12.3 Å². The summed E-state index contributed by atoms with van der Waals surface area (Å²) < 4.78 is 0.669. The summed E-state index contributed by atoms with van der Waals surface area (Å²) in [5.41, 5.74) is 0.649. The summed E-state index contributed by atoms with van der Waals surface area (Å²) in [6, 6.07) is 5.71. The molecule has 0 fully saturated rings. The number of aromatic nitrogens is 1. The molecular formula is C13H8BrClN2O3. The van der Waals surface area contributed by atoms with Crippen molar-refractivity contribution >= 4 is 45.1 Å². The van der Waals surface area contributed by atoms with E-state index in [0.717, 1.165) is 0 Å². The number of aromatic carboxylic acids is 1. The van der Waals surface area contributed by atoms with Crippen molar-refractivity contribution in [2.45, 2.75) is 0 Å². The molecule has 0 saturated carbocycles. The van der Waals surface area contributed by atoms with Gasteiger partial charge in [-0.15, -0.1) is 0 Å². The molecule has 0 aliphatic heterocycles. The molecular weight excluding hydrogens is 348 g/mol. The number of halogens is 2. The van der Waals surface area contributed by atoms with Gasteiger partial charge in [-0.2, -0.15) is 0 Å². The maximum Gasteiger partial charge on any atom is 0.335 e. The Morgan fingerprint density at radius 2 is 1.90 bits per heavy atom. The maximum absolute atomic E-state index is 12.0. The van der Waals surface area contributed by atoms with Gasteiger partial charge in [0.15, 0.2) is 0 Å². The van der Waals surface area contributed by atoms with Crippen LogP contribution >= 0.6 is 27.5 Å². The first-order valence-corrected chi connectivity index (χ1v) is 6.58. The zero-order valence-corrected chi connectivity index (χ0v) is 12.3. The van der Waals surface area contributed by atoms with Gasteiger partial charge >= 0.3 is 5.97 Å². The first kappa shape index (κ1) is 14.5. The quantitative estimate of drug-likeness (QED) is 0.884. The van der Waals surface area contributed by atoms with Crippen LogP contribution in [-0.2, 0) is 0 Å². The number of carbonyl (C=O) groups is 2. The predicted octanol–water partition coefficient (Wildman–Crippen LogP) is 3.45. The first-order chi connectivity index (χ1) is 9.45. The number of nitrogens with one attached hydrogen (secondary N) is 1. The van der Waals surface area contributed by atoms with Gasteiger partial charge in [0.2, 0.25) is 0 Å². The number of carboxylic acids is 1. The lowest BCUT2D eigenvalue weighted by molar-refractivity contribution is 0.0696. The lowest BCUT2D eigenvalue weighted by Gasteiger charge is -2.07. The number of rotatable bonds is 3. The van der Waals surface area contributed by atoms with Crippen LogP contribution < -0.4 is 5.32 Å². The smallest absolute Gasteiger partial charge is 0.335 e. The van der Waals surface area contributed by atoms with Crippen molar-refractivity contribution in [3.8, 4) is 0 Å². The number of hydrogen-bond donors (Lipinski definition) is 2. The van der Waals surface area contributed by atoms with Crippen molar-refractivity contribution in [1.29, 1.82) is 0 Å². The summed E-state index contributed by atoms with van der Waals surface area (Å²) in [5, 5.41) is 11.7. The van der Waals surface area contributed by atoms with E-state index >= 15 is 0 Å². The number of carbonyl (C=O) groups excluding carboxylic acids is 1. The molecule has 0 spiro atoms.